The van der Waals surface area contributed by atoms with Crippen LogP contribution in [0.5, 0.6) is 0 Å². The van der Waals surface area contributed by atoms with Crippen molar-refractivity contribution in [1.29, 1.82) is 0 Å². The van der Waals surface area contributed by atoms with Gasteiger partial charge >= 0.3 is 5.69 Å². The molecule has 1 aromatic heterocycles. The highest BCUT2D eigenvalue weighted by atomic mass is 127. The quantitative estimate of drug-likeness (QED) is 0.739. The highest BCUT2D eigenvalue weighted by molar-refractivity contribution is 14.1. The third-order valence-electron chi connectivity index (χ3n) is 1.61. The molecule has 1 heterocycles. The van der Waals surface area contributed by atoms with Gasteiger partial charge in [0.2, 0.25) is 0 Å². The standard InChI is InChI=1S/C8H5IN2O/c9-6-2-1-3-7-5(6)4-10-8(12)11-7/h1-4H,(H,10,11,12). The van der Waals surface area contributed by atoms with Gasteiger partial charge in [-0.2, -0.15) is 0 Å². The van der Waals surface area contributed by atoms with Crippen LogP contribution < -0.4 is 5.69 Å². The first-order chi connectivity index (χ1) is 5.77. The number of fused-ring (bicyclic) bond motifs is 1. The lowest BCUT2D eigenvalue weighted by Crippen LogP contribution is -2.08. The minimum atomic E-state index is -0.301. The molecule has 12 heavy (non-hydrogen) atoms. The molecule has 0 radical (unpaired) electrons. The number of nitrogens with zero attached hydrogens (tertiary/aromatic N) is 1. The maximum Gasteiger partial charge on any atom is 0.345 e. The summed E-state index contributed by atoms with van der Waals surface area (Å²) in [5.74, 6) is 0. The molecule has 0 aliphatic carbocycles. The number of aromatic nitrogens is 2. The molecule has 0 saturated heterocycles. The lowest BCUT2D eigenvalue weighted by atomic mass is 10.2. The molecule has 0 unspecified atom stereocenters. The average molecular weight is 272 g/mol. The highest BCUT2D eigenvalue weighted by Gasteiger charge is 1.97. The van der Waals surface area contributed by atoms with E-state index >= 15 is 0 Å². The molecule has 0 spiro atoms. The molecule has 0 atom stereocenters. The molecule has 0 aliphatic heterocycles. The van der Waals surface area contributed by atoms with Gasteiger partial charge in [-0.25, -0.2) is 9.78 Å². The topological polar surface area (TPSA) is 45.8 Å². The van der Waals surface area contributed by atoms with Crippen LogP contribution in [0.2, 0.25) is 0 Å². The summed E-state index contributed by atoms with van der Waals surface area (Å²) in [4.78, 5) is 17.1. The maximum atomic E-state index is 10.8. The average Bonchev–Trinajstić information content (AvgIpc) is 2.04. The number of hydrogen-bond acceptors (Lipinski definition) is 2. The van der Waals surface area contributed by atoms with Crippen molar-refractivity contribution in [2.24, 2.45) is 0 Å². The van der Waals surface area contributed by atoms with Crippen molar-refractivity contribution in [2.45, 2.75) is 0 Å². The summed E-state index contributed by atoms with van der Waals surface area (Å²) in [6.45, 7) is 0. The Hall–Kier alpha value is -0.910. The Bertz CT molecular complexity index is 478. The number of benzene rings is 1. The zero-order chi connectivity index (χ0) is 8.55. The van der Waals surface area contributed by atoms with Crippen molar-refractivity contribution in [1.82, 2.24) is 9.97 Å². The zero-order valence-corrected chi connectivity index (χ0v) is 8.20. The van der Waals surface area contributed by atoms with Crippen LogP contribution in [-0.4, -0.2) is 9.97 Å². The first-order valence-corrected chi connectivity index (χ1v) is 4.49. The molecule has 3 nitrogen and oxygen atoms in total. The molecule has 2 rings (SSSR count). The van der Waals surface area contributed by atoms with Gasteiger partial charge in [0.1, 0.15) is 0 Å². The largest absolute Gasteiger partial charge is 0.345 e. The Morgan fingerprint density at radius 2 is 2.25 bits per heavy atom. The molecule has 2 aromatic rings. The van der Waals surface area contributed by atoms with E-state index in [1.54, 1.807) is 6.20 Å². The van der Waals surface area contributed by atoms with Crippen LogP contribution in [0.25, 0.3) is 10.9 Å². The van der Waals surface area contributed by atoms with Gasteiger partial charge in [-0.15, -0.1) is 0 Å². The fourth-order valence-electron chi connectivity index (χ4n) is 1.05. The van der Waals surface area contributed by atoms with E-state index in [1.807, 2.05) is 18.2 Å². The van der Waals surface area contributed by atoms with E-state index in [9.17, 15) is 4.79 Å². The van der Waals surface area contributed by atoms with E-state index in [0.29, 0.717) is 0 Å². The monoisotopic (exact) mass is 272 g/mol. The van der Waals surface area contributed by atoms with Gasteiger partial charge in [0.05, 0.1) is 5.52 Å². The predicted octanol–water partition coefficient (Wildman–Crippen LogP) is 1.53. The van der Waals surface area contributed by atoms with Crippen molar-refractivity contribution in [2.75, 3.05) is 0 Å². The van der Waals surface area contributed by atoms with Gasteiger partial charge in [0.15, 0.2) is 0 Å². The summed E-state index contributed by atoms with van der Waals surface area (Å²) in [5.41, 5.74) is 0.534. The van der Waals surface area contributed by atoms with E-state index in [-0.39, 0.29) is 5.69 Å². The zero-order valence-electron chi connectivity index (χ0n) is 6.04. The third kappa shape index (κ3) is 1.22. The predicted molar refractivity (Wildman–Crippen MR) is 55.1 cm³/mol. The Balaban J connectivity index is 2.96. The van der Waals surface area contributed by atoms with Crippen molar-refractivity contribution in [3.63, 3.8) is 0 Å². The van der Waals surface area contributed by atoms with E-state index in [1.165, 1.54) is 0 Å². The molecule has 0 amide bonds. The molecule has 60 valence electrons. The van der Waals surface area contributed by atoms with Crippen molar-refractivity contribution < 1.29 is 0 Å². The van der Waals surface area contributed by atoms with E-state index in [0.717, 1.165) is 14.5 Å². The fraction of sp³-hybridized carbons (Fsp3) is 0. The van der Waals surface area contributed by atoms with Crippen LogP contribution in [0.4, 0.5) is 0 Å². The van der Waals surface area contributed by atoms with Crippen LogP contribution in [0.15, 0.2) is 29.2 Å². The van der Waals surface area contributed by atoms with Gasteiger partial charge in [-0.3, -0.25) is 0 Å². The highest BCUT2D eigenvalue weighted by Crippen LogP contribution is 2.15. The van der Waals surface area contributed by atoms with Gasteiger partial charge in [0, 0.05) is 15.2 Å². The summed E-state index contributed by atoms with van der Waals surface area (Å²) in [5, 5.41) is 0.984. The molecule has 0 aliphatic rings. The van der Waals surface area contributed by atoms with Crippen LogP contribution >= 0.6 is 22.6 Å². The lowest BCUT2D eigenvalue weighted by Gasteiger charge is -1.96. The normalized spacial score (nSPS) is 10.4. The van der Waals surface area contributed by atoms with E-state index < -0.39 is 0 Å². The Morgan fingerprint density at radius 1 is 1.42 bits per heavy atom. The van der Waals surface area contributed by atoms with Gasteiger partial charge < -0.3 is 4.98 Å². The summed E-state index contributed by atoms with van der Waals surface area (Å²) in [6, 6.07) is 5.74. The number of rotatable bonds is 0. The summed E-state index contributed by atoms with van der Waals surface area (Å²) in [6.07, 6.45) is 1.59. The molecule has 4 heteroatoms. The number of nitrogens with one attached hydrogen (secondary N) is 1. The Morgan fingerprint density at radius 3 is 3.08 bits per heavy atom. The molecule has 0 bridgehead atoms. The molecule has 1 aromatic carbocycles. The fourth-order valence-corrected chi connectivity index (χ4v) is 1.69. The smallest absolute Gasteiger partial charge is 0.305 e. The van der Waals surface area contributed by atoms with Crippen LogP contribution in [-0.2, 0) is 0 Å². The van der Waals surface area contributed by atoms with Gasteiger partial charge in [0.25, 0.3) is 0 Å². The molecular formula is C8H5IN2O. The minimum absolute atomic E-state index is 0.301. The number of H-pyrrole nitrogens is 1. The number of hydrogen-bond donors (Lipinski definition) is 1. The summed E-state index contributed by atoms with van der Waals surface area (Å²) in [7, 11) is 0. The molecular weight excluding hydrogens is 267 g/mol. The molecule has 0 fully saturated rings. The lowest BCUT2D eigenvalue weighted by molar-refractivity contribution is 1.12. The summed E-state index contributed by atoms with van der Waals surface area (Å²) < 4.78 is 1.09. The van der Waals surface area contributed by atoms with E-state index in [4.69, 9.17) is 0 Å². The number of halogens is 1. The van der Waals surface area contributed by atoms with Crippen LogP contribution in [0.3, 0.4) is 0 Å². The Kier molecular flexibility index (Phi) is 1.84. The second-order valence-corrected chi connectivity index (χ2v) is 3.55. The second-order valence-electron chi connectivity index (χ2n) is 2.39. The van der Waals surface area contributed by atoms with Crippen LogP contribution in [0.1, 0.15) is 0 Å². The second kappa shape index (κ2) is 2.85. The van der Waals surface area contributed by atoms with Crippen LogP contribution in [0, 0.1) is 3.57 Å². The van der Waals surface area contributed by atoms with Crippen molar-refractivity contribution in [3.05, 3.63) is 38.5 Å². The van der Waals surface area contributed by atoms with Gasteiger partial charge in [-0.05, 0) is 34.7 Å². The first-order valence-electron chi connectivity index (χ1n) is 3.41. The van der Waals surface area contributed by atoms with Crippen molar-refractivity contribution in [3.8, 4) is 0 Å². The first kappa shape index (κ1) is 7.72. The molecule has 1 N–H and O–H groups in total. The Labute approximate surface area is 82.0 Å². The maximum absolute atomic E-state index is 10.8. The van der Waals surface area contributed by atoms with Crippen molar-refractivity contribution >= 4 is 33.5 Å². The molecule has 0 saturated carbocycles. The number of aromatic amines is 1. The van der Waals surface area contributed by atoms with Gasteiger partial charge in [-0.1, -0.05) is 6.07 Å². The SMILES string of the molecule is O=c1ncc2c(I)cccc2[nH]1. The summed E-state index contributed by atoms with van der Waals surface area (Å²) >= 11 is 2.21. The minimum Gasteiger partial charge on any atom is -0.305 e. The van der Waals surface area contributed by atoms with E-state index in [2.05, 4.69) is 32.6 Å². The third-order valence-corrected chi connectivity index (χ3v) is 2.55.